The fourth-order valence-electron chi connectivity index (χ4n) is 2.52. The number of rotatable bonds is 3. The monoisotopic (exact) mass is 312 g/mol. The third-order valence-corrected chi connectivity index (χ3v) is 3.80. The van der Waals surface area contributed by atoms with E-state index in [1.165, 1.54) is 0 Å². The van der Waals surface area contributed by atoms with Crippen molar-refractivity contribution >= 4 is 17.5 Å². The third kappa shape index (κ3) is 4.00. The Hall–Kier alpha value is -2.02. The van der Waals surface area contributed by atoms with Gasteiger partial charge in [-0.25, -0.2) is 8.78 Å². The molecule has 22 heavy (non-hydrogen) atoms. The highest BCUT2D eigenvalue weighted by molar-refractivity contribution is 6.39. The van der Waals surface area contributed by atoms with Crippen LogP contribution < -0.4 is 10.6 Å². The number of aliphatic hydroxyl groups is 1. The zero-order valence-electron chi connectivity index (χ0n) is 11.9. The number of benzene rings is 1. The molecule has 1 aliphatic rings. The quantitative estimate of drug-likeness (QED) is 0.741. The molecule has 0 bridgehead atoms. The fraction of sp³-hybridized carbons (Fsp3) is 0.467. The summed E-state index contributed by atoms with van der Waals surface area (Å²) < 4.78 is 26.8. The second-order valence-corrected chi connectivity index (χ2v) is 5.37. The minimum Gasteiger partial charge on any atom is -0.393 e. The second kappa shape index (κ2) is 7.31. The normalized spacial score (nSPS) is 21.2. The van der Waals surface area contributed by atoms with Gasteiger partial charge in [-0.15, -0.1) is 0 Å². The van der Waals surface area contributed by atoms with E-state index in [1.54, 1.807) is 0 Å². The second-order valence-electron chi connectivity index (χ2n) is 5.37. The third-order valence-electron chi connectivity index (χ3n) is 3.80. The van der Waals surface area contributed by atoms with Gasteiger partial charge in [0.25, 0.3) is 0 Å². The molecule has 0 aromatic heterocycles. The predicted molar refractivity (Wildman–Crippen MR) is 76.0 cm³/mol. The highest BCUT2D eigenvalue weighted by Gasteiger charge is 2.25. The summed E-state index contributed by atoms with van der Waals surface area (Å²) in [6.07, 6.45) is 2.85. The van der Waals surface area contributed by atoms with E-state index in [0.29, 0.717) is 6.42 Å². The highest BCUT2D eigenvalue weighted by atomic mass is 19.1. The molecule has 2 amide bonds. The van der Waals surface area contributed by atoms with Gasteiger partial charge in [0, 0.05) is 12.5 Å². The van der Waals surface area contributed by atoms with Crippen LogP contribution in [-0.2, 0) is 9.59 Å². The number of aliphatic hydroxyl groups excluding tert-OH is 1. The zero-order valence-corrected chi connectivity index (χ0v) is 11.9. The Morgan fingerprint density at radius 1 is 1.14 bits per heavy atom. The number of para-hydroxylation sites is 1. The largest absolute Gasteiger partial charge is 0.393 e. The average Bonchev–Trinajstić information content (AvgIpc) is 2.49. The van der Waals surface area contributed by atoms with Crippen molar-refractivity contribution in [3.63, 3.8) is 0 Å². The molecule has 3 N–H and O–H groups in total. The van der Waals surface area contributed by atoms with Gasteiger partial charge in [0.15, 0.2) is 0 Å². The summed E-state index contributed by atoms with van der Waals surface area (Å²) >= 11 is 0. The summed E-state index contributed by atoms with van der Waals surface area (Å²) in [5.41, 5.74) is -0.652. The van der Waals surface area contributed by atoms with E-state index in [2.05, 4.69) is 5.32 Å². The molecule has 0 saturated heterocycles. The van der Waals surface area contributed by atoms with Gasteiger partial charge in [-0.3, -0.25) is 9.59 Å². The molecule has 0 spiro atoms. The van der Waals surface area contributed by atoms with Crippen LogP contribution in [0.25, 0.3) is 0 Å². The van der Waals surface area contributed by atoms with Crippen LogP contribution in [-0.4, -0.2) is 29.6 Å². The SMILES string of the molecule is O=C(NCC1CCCCC1O)C(=O)Nc1c(F)cccc1F. The molecule has 1 fully saturated rings. The lowest BCUT2D eigenvalue weighted by molar-refractivity contribution is -0.136. The molecular formula is C15H18F2N2O3. The smallest absolute Gasteiger partial charge is 0.313 e. The first-order valence-electron chi connectivity index (χ1n) is 7.20. The van der Waals surface area contributed by atoms with Crippen LogP contribution in [0, 0.1) is 17.6 Å². The van der Waals surface area contributed by atoms with Crippen LogP contribution in [0.5, 0.6) is 0 Å². The van der Waals surface area contributed by atoms with Gasteiger partial charge < -0.3 is 15.7 Å². The summed E-state index contributed by atoms with van der Waals surface area (Å²) in [6, 6.07) is 3.12. The molecule has 1 aliphatic carbocycles. The van der Waals surface area contributed by atoms with Gasteiger partial charge in [-0.1, -0.05) is 18.9 Å². The van der Waals surface area contributed by atoms with Crippen LogP contribution in [0.3, 0.4) is 0 Å². The minimum absolute atomic E-state index is 0.101. The molecule has 0 aliphatic heterocycles. The van der Waals surface area contributed by atoms with Gasteiger partial charge in [-0.05, 0) is 25.0 Å². The molecule has 2 unspecified atom stereocenters. The number of carbonyl (C=O) groups excluding carboxylic acids is 2. The Kier molecular flexibility index (Phi) is 5.43. The molecule has 2 atom stereocenters. The summed E-state index contributed by atoms with van der Waals surface area (Å²) in [4.78, 5) is 23.3. The van der Waals surface area contributed by atoms with Gasteiger partial charge in [-0.2, -0.15) is 0 Å². The van der Waals surface area contributed by atoms with Crippen molar-refractivity contribution in [1.82, 2.24) is 5.32 Å². The molecule has 1 aromatic rings. The number of hydrogen-bond donors (Lipinski definition) is 3. The Morgan fingerprint density at radius 2 is 1.77 bits per heavy atom. The van der Waals surface area contributed by atoms with E-state index in [0.717, 1.165) is 37.5 Å². The molecular weight excluding hydrogens is 294 g/mol. The number of amides is 2. The van der Waals surface area contributed by atoms with E-state index >= 15 is 0 Å². The summed E-state index contributed by atoms with van der Waals surface area (Å²) in [5.74, 6) is -4.14. The molecule has 0 heterocycles. The zero-order chi connectivity index (χ0) is 16.1. The van der Waals surface area contributed by atoms with Crippen LogP contribution in [0.15, 0.2) is 18.2 Å². The number of nitrogens with one attached hydrogen (secondary N) is 2. The van der Waals surface area contributed by atoms with Gasteiger partial charge in [0.1, 0.15) is 17.3 Å². The van der Waals surface area contributed by atoms with E-state index < -0.39 is 35.2 Å². The maximum absolute atomic E-state index is 13.4. The molecule has 120 valence electrons. The highest BCUT2D eigenvalue weighted by Crippen LogP contribution is 2.23. The molecule has 2 rings (SSSR count). The molecule has 1 saturated carbocycles. The fourth-order valence-corrected chi connectivity index (χ4v) is 2.52. The van der Waals surface area contributed by atoms with Gasteiger partial charge in [0.05, 0.1) is 6.10 Å². The van der Waals surface area contributed by atoms with Crippen LogP contribution in [0.1, 0.15) is 25.7 Å². The Labute approximate surface area is 126 Å². The predicted octanol–water partition coefficient (Wildman–Crippen LogP) is 1.57. The van der Waals surface area contributed by atoms with E-state index in [-0.39, 0.29) is 12.5 Å². The number of anilines is 1. The Morgan fingerprint density at radius 3 is 2.41 bits per heavy atom. The first-order chi connectivity index (χ1) is 10.5. The summed E-state index contributed by atoms with van der Waals surface area (Å²) in [7, 11) is 0. The van der Waals surface area contributed by atoms with E-state index in [9.17, 15) is 23.5 Å². The average molecular weight is 312 g/mol. The first-order valence-corrected chi connectivity index (χ1v) is 7.20. The lowest BCUT2D eigenvalue weighted by Crippen LogP contribution is -2.41. The topological polar surface area (TPSA) is 78.4 Å². The number of hydrogen-bond acceptors (Lipinski definition) is 3. The minimum atomic E-state index is -1.14. The van der Waals surface area contributed by atoms with Crippen molar-refractivity contribution < 1.29 is 23.5 Å². The van der Waals surface area contributed by atoms with Crippen molar-refractivity contribution in [3.05, 3.63) is 29.8 Å². The molecule has 1 aromatic carbocycles. The van der Waals surface area contributed by atoms with Crippen molar-refractivity contribution in [1.29, 1.82) is 0 Å². The van der Waals surface area contributed by atoms with Crippen molar-refractivity contribution in [2.75, 3.05) is 11.9 Å². The number of carbonyl (C=O) groups is 2. The van der Waals surface area contributed by atoms with E-state index in [4.69, 9.17) is 0 Å². The standard InChI is InChI=1S/C15H18F2N2O3/c16-10-5-3-6-11(17)13(10)19-15(22)14(21)18-8-9-4-1-2-7-12(9)20/h3,5-6,9,12,20H,1-2,4,7-8H2,(H,18,21)(H,19,22). The lowest BCUT2D eigenvalue weighted by Gasteiger charge is -2.27. The van der Waals surface area contributed by atoms with Gasteiger partial charge in [0.2, 0.25) is 0 Å². The Balaban J connectivity index is 1.88. The molecule has 5 nitrogen and oxygen atoms in total. The van der Waals surface area contributed by atoms with Crippen molar-refractivity contribution in [3.8, 4) is 0 Å². The summed E-state index contributed by atoms with van der Waals surface area (Å²) in [6.45, 7) is 0.160. The number of halogens is 2. The maximum Gasteiger partial charge on any atom is 0.313 e. The van der Waals surface area contributed by atoms with Crippen molar-refractivity contribution in [2.45, 2.75) is 31.8 Å². The van der Waals surface area contributed by atoms with Crippen molar-refractivity contribution in [2.24, 2.45) is 5.92 Å². The Bertz CT molecular complexity index is 545. The molecule has 7 heteroatoms. The first kappa shape index (κ1) is 16.4. The van der Waals surface area contributed by atoms with E-state index in [1.807, 2.05) is 5.32 Å². The van der Waals surface area contributed by atoms with Crippen LogP contribution in [0.4, 0.5) is 14.5 Å². The van der Waals surface area contributed by atoms with Crippen LogP contribution >= 0.6 is 0 Å². The lowest BCUT2D eigenvalue weighted by atomic mass is 9.86. The van der Waals surface area contributed by atoms with Crippen LogP contribution in [0.2, 0.25) is 0 Å². The van der Waals surface area contributed by atoms with Gasteiger partial charge >= 0.3 is 11.8 Å². The maximum atomic E-state index is 13.4. The summed E-state index contributed by atoms with van der Waals surface area (Å²) in [5, 5.41) is 14.1. The molecule has 0 radical (unpaired) electrons.